The first-order chi connectivity index (χ1) is 13.2. The van der Waals surface area contributed by atoms with E-state index in [1.807, 2.05) is 18.2 Å². The Morgan fingerprint density at radius 2 is 1.64 bits per heavy atom. The van der Waals surface area contributed by atoms with Crippen LogP contribution in [-0.2, 0) is 13.2 Å². The van der Waals surface area contributed by atoms with Crippen LogP contribution in [0, 0.1) is 0 Å². The van der Waals surface area contributed by atoms with Gasteiger partial charge in [0.1, 0.15) is 6.61 Å². The van der Waals surface area contributed by atoms with Crippen LogP contribution in [-0.4, -0.2) is 13.7 Å². The van der Waals surface area contributed by atoms with Gasteiger partial charge >= 0.3 is 0 Å². The van der Waals surface area contributed by atoms with Gasteiger partial charge in [0.2, 0.25) is 0 Å². The van der Waals surface area contributed by atoms with E-state index in [4.69, 9.17) is 9.47 Å². The second-order valence-electron chi connectivity index (χ2n) is 6.83. The molecule has 0 unspecified atom stereocenters. The van der Waals surface area contributed by atoms with Crippen molar-refractivity contribution in [1.82, 2.24) is 5.32 Å². The maximum absolute atomic E-state index is 6.00. The zero-order valence-electron chi connectivity index (χ0n) is 17.0. The van der Waals surface area contributed by atoms with E-state index in [-0.39, 0.29) is 12.4 Å². The van der Waals surface area contributed by atoms with Gasteiger partial charge in [0.05, 0.1) is 11.6 Å². The summed E-state index contributed by atoms with van der Waals surface area (Å²) in [5.74, 6) is 1.51. The summed E-state index contributed by atoms with van der Waals surface area (Å²) in [5.41, 5.74) is 2.33. The van der Waals surface area contributed by atoms with Crippen molar-refractivity contribution in [2.45, 2.75) is 58.6 Å². The molecule has 0 atom stereocenters. The largest absolute Gasteiger partial charge is 0.493 e. The van der Waals surface area contributed by atoms with Crippen molar-refractivity contribution in [3.8, 4) is 11.5 Å². The van der Waals surface area contributed by atoms with Crippen LogP contribution < -0.4 is 14.8 Å². The third-order valence-electron chi connectivity index (χ3n) is 4.55. The molecule has 1 N–H and O–H groups in total. The highest BCUT2D eigenvalue weighted by Gasteiger charge is 2.12. The normalized spacial score (nSPS) is 10.4. The molecule has 0 amide bonds. The Hall–Kier alpha value is -1.23. The van der Waals surface area contributed by atoms with Crippen LogP contribution in [0.5, 0.6) is 11.5 Å². The monoisotopic (exact) mass is 469 g/mol. The number of rotatable bonds is 13. The van der Waals surface area contributed by atoms with Gasteiger partial charge < -0.3 is 14.8 Å². The fraction of sp³-hybridized carbons (Fsp3) is 0.478. The molecule has 2 aromatic rings. The van der Waals surface area contributed by atoms with Gasteiger partial charge in [-0.2, -0.15) is 0 Å². The lowest BCUT2D eigenvalue weighted by atomic mass is 10.1. The number of hydrogen-bond donors (Lipinski definition) is 1. The second-order valence-corrected chi connectivity index (χ2v) is 7.68. The zero-order chi connectivity index (χ0) is 19.3. The van der Waals surface area contributed by atoms with Gasteiger partial charge in [-0.15, -0.1) is 12.4 Å². The number of benzene rings is 2. The number of nitrogens with one attached hydrogen (secondary N) is 1. The van der Waals surface area contributed by atoms with Crippen LogP contribution in [0.1, 0.15) is 56.6 Å². The molecule has 5 heteroatoms. The van der Waals surface area contributed by atoms with Crippen molar-refractivity contribution in [2.24, 2.45) is 0 Å². The molecule has 2 rings (SSSR count). The van der Waals surface area contributed by atoms with Gasteiger partial charge in [-0.3, -0.25) is 0 Å². The summed E-state index contributed by atoms with van der Waals surface area (Å²) in [4.78, 5) is 0. The second kappa shape index (κ2) is 14.7. The molecule has 0 aliphatic heterocycles. The number of methoxy groups -OCH3 is 1. The molecule has 0 bridgehead atoms. The van der Waals surface area contributed by atoms with Crippen molar-refractivity contribution < 1.29 is 9.47 Å². The molecule has 0 aromatic heterocycles. The minimum atomic E-state index is 0. The highest BCUT2D eigenvalue weighted by Crippen LogP contribution is 2.37. The van der Waals surface area contributed by atoms with E-state index in [0.29, 0.717) is 6.61 Å². The van der Waals surface area contributed by atoms with E-state index < -0.39 is 0 Å². The van der Waals surface area contributed by atoms with E-state index in [9.17, 15) is 0 Å². The summed E-state index contributed by atoms with van der Waals surface area (Å²) in [6, 6.07) is 14.3. The van der Waals surface area contributed by atoms with Gasteiger partial charge in [0.15, 0.2) is 11.5 Å². The average molecular weight is 471 g/mol. The minimum Gasteiger partial charge on any atom is -0.493 e. The third-order valence-corrected chi connectivity index (χ3v) is 5.14. The molecule has 0 saturated carbocycles. The SMILES string of the molecule is CCCCCCCCNCc1cc(Br)c(OCc2ccccc2)c(OC)c1.Cl. The van der Waals surface area contributed by atoms with Crippen LogP contribution >= 0.6 is 28.3 Å². The lowest BCUT2D eigenvalue weighted by Gasteiger charge is -2.15. The molecule has 3 nitrogen and oxygen atoms in total. The van der Waals surface area contributed by atoms with Gasteiger partial charge in [0.25, 0.3) is 0 Å². The van der Waals surface area contributed by atoms with E-state index in [1.54, 1.807) is 7.11 Å². The smallest absolute Gasteiger partial charge is 0.175 e. The first-order valence-electron chi connectivity index (χ1n) is 9.98. The Kier molecular flexibility index (Phi) is 13.0. The number of hydrogen-bond acceptors (Lipinski definition) is 3. The van der Waals surface area contributed by atoms with E-state index in [0.717, 1.165) is 34.6 Å². The van der Waals surface area contributed by atoms with Gasteiger partial charge in [0, 0.05) is 6.54 Å². The maximum atomic E-state index is 6.00. The van der Waals surface area contributed by atoms with Gasteiger partial charge in [-0.05, 0) is 52.2 Å². The standard InChI is InChI=1S/C23H32BrNO2.ClH/c1-3-4-5-6-7-11-14-25-17-20-15-21(24)23(22(16-20)26-2)27-18-19-12-9-8-10-13-19;/h8-10,12-13,15-16,25H,3-7,11,14,17-18H2,1-2H3;1H. The van der Waals surface area contributed by atoms with Crippen LogP contribution in [0.4, 0.5) is 0 Å². The molecule has 0 aliphatic rings. The van der Waals surface area contributed by atoms with Crippen LogP contribution in [0.15, 0.2) is 46.9 Å². The highest BCUT2D eigenvalue weighted by molar-refractivity contribution is 9.10. The van der Waals surface area contributed by atoms with Gasteiger partial charge in [-0.25, -0.2) is 0 Å². The molecule has 0 aliphatic carbocycles. The quantitative estimate of drug-likeness (QED) is 0.323. The van der Waals surface area contributed by atoms with E-state index >= 15 is 0 Å². The van der Waals surface area contributed by atoms with Crippen molar-refractivity contribution in [3.63, 3.8) is 0 Å². The molecule has 2 aromatic carbocycles. The van der Waals surface area contributed by atoms with Gasteiger partial charge in [-0.1, -0.05) is 69.4 Å². The lowest BCUT2D eigenvalue weighted by molar-refractivity contribution is 0.282. The molecule has 0 heterocycles. The highest BCUT2D eigenvalue weighted by atomic mass is 79.9. The number of ether oxygens (including phenoxy) is 2. The maximum Gasteiger partial charge on any atom is 0.175 e. The van der Waals surface area contributed by atoms with Crippen molar-refractivity contribution >= 4 is 28.3 Å². The van der Waals surface area contributed by atoms with Crippen molar-refractivity contribution in [1.29, 1.82) is 0 Å². The summed E-state index contributed by atoms with van der Waals surface area (Å²) in [6.07, 6.45) is 7.93. The molecule has 0 spiro atoms. The molecule has 0 saturated heterocycles. The fourth-order valence-electron chi connectivity index (χ4n) is 3.01. The summed E-state index contributed by atoms with van der Waals surface area (Å²) < 4.78 is 12.5. The van der Waals surface area contributed by atoms with Crippen LogP contribution in [0.3, 0.4) is 0 Å². The number of halogens is 2. The van der Waals surface area contributed by atoms with Crippen LogP contribution in [0.25, 0.3) is 0 Å². The summed E-state index contributed by atoms with van der Waals surface area (Å²) in [5, 5.41) is 3.53. The van der Waals surface area contributed by atoms with E-state index in [1.165, 1.54) is 44.1 Å². The topological polar surface area (TPSA) is 30.5 Å². The molecular formula is C23H33BrClNO2. The summed E-state index contributed by atoms with van der Waals surface area (Å²) >= 11 is 3.64. The summed E-state index contributed by atoms with van der Waals surface area (Å²) in [6.45, 7) is 4.67. The Morgan fingerprint density at radius 1 is 0.929 bits per heavy atom. The third kappa shape index (κ3) is 8.85. The Labute approximate surface area is 184 Å². The predicted octanol–water partition coefficient (Wildman–Crippen LogP) is 6.91. The van der Waals surface area contributed by atoms with Crippen LogP contribution in [0.2, 0.25) is 0 Å². The molecule has 28 heavy (non-hydrogen) atoms. The zero-order valence-corrected chi connectivity index (χ0v) is 19.4. The average Bonchev–Trinajstić information content (AvgIpc) is 2.69. The number of unbranched alkanes of at least 4 members (excludes halogenated alkanes) is 5. The minimum absolute atomic E-state index is 0. The molecule has 0 fully saturated rings. The molecule has 156 valence electrons. The Bertz CT molecular complexity index is 667. The Morgan fingerprint density at radius 3 is 2.36 bits per heavy atom. The van der Waals surface area contributed by atoms with E-state index in [2.05, 4.69) is 52.4 Å². The molecular weight excluding hydrogens is 438 g/mol. The lowest BCUT2D eigenvalue weighted by Crippen LogP contribution is -2.14. The van der Waals surface area contributed by atoms with Crippen molar-refractivity contribution in [2.75, 3.05) is 13.7 Å². The van der Waals surface area contributed by atoms with Crippen molar-refractivity contribution in [3.05, 3.63) is 58.1 Å². The predicted molar refractivity (Wildman–Crippen MR) is 124 cm³/mol. The fourth-order valence-corrected chi connectivity index (χ4v) is 3.61. The first-order valence-corrected chi connectivity index (χ1v) is 10.8. The molecule has 0 radical (unpaired) electrons. The Balaban J connectivity index is 0.00000392. The first kappa shape index (κ1) is 24.8. The summed E-state index contributed by atoms with van der Waals surface area (Å²) in [7, 11) is 1.69.